The maximum absolute atomic E-state index is 12.0. The maximum Gasteiger partial charge on any atom is 0.264 e. The second-order valence-corrected chi connectivity index (χ2v) is 6.20. The average molecular weight is 360 g/mol. The molecule has 0 radical (unpaired) electrons. The van der Waals surface area contributed by atoms with Crippen molar-refractivity contribution in [2.75, 3.05) is 11.9 Å². The van der Waals surface area contributed by atoms with E-state index in [1.165, 1.54) is 0 Å². The molecule has 122 valence electrons. The predicted octanol–water partition coefficient (Wildman–Crippen LogP) is 4.18. The largest absolute Gasteiger partial charge is 0.484 e. The highest BCUT2D eigenvalue weighted by atomic mass is 35.5. The van der Waals surface area contributed by atoms with Gasteiger partial charge in [-0.1, -0.05) is 41.9 Å². The van der Waals surface area contributed by atoms with Crippen molar-refractivity contribution >= 4 is 34.2 Å². The highest BCUT2D eigenvalue weighted by Crippen LogP contribution is 2.22. The monoisotopic (exact) mass is 359 g/mol. The van der Waals surface area contributed by atoms with Gasteiger partial charge in [0, 0.05) is 22.1 Å². The van der Waals surface area contributed by atoms with Crippen molar-refractivity contribution in [3.63, 3.8) is 0 Å². The summed E-state index contributed by atoms with van der Waals surface area (Å²) in [5.41, 5.74) is 1.80. The molecule has 0 aliphatic carbocycles. The van der Waals surface area contributed by atoms with Gasteiger partial charge < -0.3 is 4.74 Å². The van der Waals surface area contributed by atoms with Crippen molar-refractivity contribution < 1.29 is 9.53 Å². The molecule has 5 nitrogen and oxygen atoms in total. The highest BCUT2D eigenvalue weighted by Gasteiger charge is 2.10. The zero-order valence-corrected chi connectivity index (χ0v) is 14.4. The van der Waals surface area contributed by atoms with Crippen LogP contribution in [0.2, 0.25) is 5.02 Å². The summed E-state index contributed by atoms with van der Waals surface area (Å²) in [5, 5.41) is 3.78. The van der Waals surface area contributed by atoms with Crippen LogP contribution in [0.4, 0.5) is 5.13 Å². The van der Waals surface area contributed by atoms with E-state index in [1.54, 1.807) is 18.2 Å². The lowest BCUT2D eigenvalue weighted by molar-refractivity contribution is -0.118. The van der Waals surface area contributed by atoms with Gasteiger partial charge in [0.15, 0.2) is 12.4 Å². The van der Waals surface area contributed by atoms with Crippen molar-refractivity contribution in [2.24, 2.45) is 0 Å². The topological polar surface area (TPSA) is 64.1 Å². The number of hydrogen-bond donors (Lipinski definition) is 1. The van der Waals surface area contributed by atoms with Crippen molar-refractivity contribution in [1.29, 1.82) is 0 Å². The van der Waals surface area contributed by atoms with Gasteiger partial charge in [-0.2, -0.15) is 9.36 Å². The lowest BCUT2D eigenvalue weighted by atomic mass is 10.2. The Morgan fingerprint density at radius 2 is 2.04 bits per heavy atom. The zero-order valence-electron chi connectivity index (χ0n) is 12.8. The molecule has 0 fully saturated rings. The van der Waals surface area contributed by atoms with Gasteiger partial charge in [-0.3, -0.25) is 10.1 Å². The third kappa shape index (κ3) is 4.10. The molecule has 0 aliphatic rings. The number of ether oxygens (including phenoxy) is 1. The van der Waals surface area contributed by atoms with Crippen molar-refractivity contribution in [3.8, 4) is 17.1 Å². The molecule has 1 amide bonds. The Balaban J connectivity index is 1.57. The van der Waals surface area contributed by atoms with Gasteiger partial charge in [-0.15, -0.1) is 0 Å². The van der Waals surface area contributed by atoms with E-state index >= 15 is 0 Å². The molecule has 1 N–H and O–H groups in total. The number of aromatic nitrogens is 2. The third-order valence-corrected chi connectivity index (χ3v) is 4.26. The lowest BCUT2D eigenvalue weighted by Gasteiger charge is -2.07. The Bertz CT molecular complexity index is 852. The fraction of sp³-hybridized carbons (Fsp3) is 0.118. The molecule has 0 atom stereocenters. The van der Waals surface area contributed by atoms with E-state index in [4.69, 9.17) is 16.3 Å². The molecule has 3 aromatic rings. The molecule has 1 aromatic heterocycles. The number of hydrogen-bond acceptors (Lipinski definition) is 5. The van der Waals surface area contributed by atoms with Crippen LogP contribution in [-0.4, -0.2) is 21.9 Å². The summed E-state index contributed by atoms with van der Waals surface area (Å²) in [5.74, 6) is 0.887. The molecule has 0 unspecified atom stereocenters. The van der Waals surface area contributed by atoms with Crippen LogP contribution in [0.3, 0.4) is 0 Å². The molecule has 1 heterocycles. The van der Waals surface area contributed by atoms with E-state index in [9.17, 15) is 4.79 Å². The number of anilines is 1. The second kappa shape index (κ2) is 7.42. The maximum atomic E-state index is 12.0. The lowest BCUT2D eigenvalue weighted by Crippen LogP contribution is -2.20. The summed E-state index contributed by atoms with van der Waals surface area (Å²) >= 11 is 7.09. The Labute approximate surface area is 148 Å². The summed E-state index contributed by atoms with van der Waals surface area (Å²) in [6.45, 7) is 1.77. The number of benzene rings is 2. The van der Waals surface area contributed by atoms with Gasteiger partial charge in [-0.25, -0.2) is 0 Å². The first-order chi connectivity index (χ1) is 11.6. The quantitative estimate of drug-likeness (QED) is 0.742. The van der Waals surface area contributed by atoms with Crippen LogP contribution in [0.15, 0.2) is 48.5 Å². The first-order valence-corrected chi connectivity index (χ1v) is 8.35. The first kappa shape index (κ1) is 16.4. The summed E-state index contributed by atoms with van der Waals surface area (Å²) < 4.78 is 9.69. The van der Waals surface area contributed by atoms with Gasteiger partial charge in [0.05, 0.1) is 0 Å². The minimum Gasteiger partial charge on any atom is -0.484 e. The van der Waals surface area contributed by atoms with Crippen LogP contribution in [-0.2, 0) is 4.79 Å². The molecule has 2 aromatic carbocycles. The summed E-state index contributed by atoms with van der Waals surface area (Å²) in [4.78, 5) is 16.3. The Morgan fingerprint density at radius 3 is 2.79 bits per heavy atom. The molecular weight excluding hydrogens is 346 g/mol. The van der Waals surface area contributed by atoms with Gasteiger partial charge in [0.2, 0.25) is 5.13 Å². The fourth-order valence-corrected chi connectivity index (χ4v) is 2.71. The van der Waals surface area contributed by atoms with E-state index in [2.05, 4.69) is 14.7 Å². The van der Waals surface area contributed by atoms with E-state index in [0.717, 1.165) is 22.7 Å². The van der Waals surface area contributed by atoms with Gasteiger partial charge >= 0.3 is 0 Å². The average Bonchev–Trinajstić information content (AvgIpc) is 3.05. The molecular formula is C17H14ClN3O2S. The third-order valence-electron chi connectivity index (χ3n) is 3.20. The summed E-state index contributed by atoms with van der Waals surface area (Å²) in [6, 6.07) is 14.8. The van der Waals surface area contributed by atoms with E-state index < -0.39 is 0 Å². The van der Waals surface area contributed by atoms with Crippen molar-refractivity contribution in [2.45, 2.75) is 6.92 Å². The number of carbonyl (C=O) groups is 1. The van der Waals surface area contributed by atoms with Crippen LogP contribution in [0.25, 0.3) is 11.4 Å². The van der Waals surface area contributed by atoms with Crippen molar-refractivity contribution in [1.82, 2.24) is 9.36 Å². The van der Waals surface area contributed by atoms with E-state index in [1.807, 2.05) is 37.3 Å². The number of halogens is 1. The Hall–Kier alpha value is -2.44. The second-order valence-electron chi connectivity index (χ2n) is 5.04. The molecule has 0 bridgehead atoms. The normalized spacial score (nSPS) is 10.4. The molecule has 0 aliphatic heterocycles. The summed E-state index contributed by atoms with van der Waals surface area (Å²) in [6.07, 6.45) is 0. The van der Waals surface area contributed by atoms with Gasteiger partial charge in [-0.05, 0) is 30.7 Å². The van der Waals surface area contributed by atoms with Gasteiger partial charge in [0.25, 0.3) is 5.91 Å². The van der Waals surface area contributed by atoms with E-state index in [0.29, 0.717) is 21.7 Å². The Kier molecular flexibility index (Phi) is 5.08. The van der Waals surface area contributed by atoms with Crippen LogP contribution < -0.4 is 10.1 Å². The molecule has 0 saturated heterocycles. The van der Waals surface area contributed by atoms with E-state index in [-0.39, 0.29) is 12.5 Å². The predicted molar refractivity (Wildman–Crippen MR) is 95.7 cm³/mol. The SMILES string of the molecule is Cc1cc(OCC(=O)Nc2nc(-c3ccccc3)ns2)ccc1Cl. The van der Waals surface area contributed by atoms with Crippen LogP contribution in [0.1, 0.15) is 5.56 Å². The molecule has 0 spiro atoms. The number of nitrogens with one attached hydrogen (secondary N) is 1. The smallest absolute Gasteiger partial charge is 0.264 e. The zero-order chi connectivity index (χ0) is 16.9. The minimum absolute atomic E-state index is 0.110. The van der Waals surface area contributed by atoms with Crippen molar-refractivity contribution in [3.05, 3.63) is 59.1 Å². The number of nitrogens with zero attached hydrogens (tertiary/aromatic N) is 2. The number of aryl methyl sites for hydroxylation is 1. The minimum atomic E-state index is -0.293. The number of amides is 1. The van der Waals surface area contributed by atoms with Crippen LogP contribution in [0, 0.1) is 6.92 Å². The molecule has 7 heteroatoms. The van der Waals surface area contributed by atoms with Crippen LogP contribution in [0.5, 0.6) is 5.75 Å². The molecule has 0 saturated carbocycles. The molecule has 3 rings (SSSR count). The first-order valence-electron chi connectivity index (χ1n) is 7.20. The number of rotatable bonds is 5. The van der Waals surface area contributed by atoms with Crippen LogP contribution >= 0.6 is 23.1 Å². The highest BCUT2D eigenvalue weighted by molar-refractivity contribution is 7.10. The summed E-state index contributed by atoms with van der Waals surface area (Å²) in [7, 11) is 0. The number of carbonyl (C=O) groups excluding carboxylic acids is 1. The van der Waals surface area contributed by atoms with Gasteiger partial charge in [0.1, 0.15) is 5.75 Å². The Morgan fingerprint density at radius 1 is 1.25 bits per heavy atom. The fourth-order valence-electron chi connectivity index (χ4n) is 1.99. The molecule has 24 heavy (non-hydrogen) atoms. The standard InChI is InChI=1S/C17H14ClN3O2S/c1-11-9-13(7-8-14(11)18)23-10-15(22)19-17-20-16(21-24-17)12-5-3-2-4-6-12/h2-9H,10H2,1H3,(H,19,20,21,22).